The number of phenols is 1. The summed E-state index contributed by atoms with van der Waals surface area (Å²) in [6, 6.07) is 11.0. The van der Waals surface area contributed by atoms with E-state index in [1.165, 1.54) is 19.3 Å². The normalized spacial score (nSPS) is 24.0. The first-order valence-electron chi connectivity index (χ1n) is 14.2. The first-order valence-corrected chi connectivity index (χ1v) is 14.2. The van der Waals surface area contributed by atoms with Crippen LogP contribution in [0.25, 0.3) is 32.9 Å². The number of nitrogens with zero attached hydrogens (tertiary/aromatic N) is 5. The van der Waals surface area contributed by atoms with Crippen molar-refractivity contribution in [2.24, 2.45) is 17.3 Å². The minimum atomic E-state index is -0.463. The van der Waals surface area contributed by atoms with Crippen LogP contribution in [0.15, 0.2) is 42.6 Å². The molecule has 2 aromatic carbocycles. The van der Waals surface area contributed by atoms with Gasteiger partial charge >= 0.3 is 0 Å². The molecule has 39 heavy (non-hydrogen) atoms. The first-order chi connectivity index (χ1) is 19.1. The number of aromatic nitrogens is 3. The molecular weight excluding hydrogens is 493 g/mol. The summed E-state index contributed by atoms with van der Waals surface area (Å²) < 4.78 is 22.2. The lowest BCUT2D eigenvalue weighted by Gasteiger charge is -2.52. The van der Waals surface area contributed by atoms with Crippen molar-refractivity contribution in [1.29, 1.82) is 0 Å². The molecule has 3 aliphatic heterocycles. The van der Waals surface area contributed by atoms with E-state index in [9.17, 15) is 5.11 Å². The third-order valence-electron chi connectivity index (χ3n) is 9.55. The van der Waals surface area contributed by atoms with E-state index < -0.39 is 5.82 Å². The number of ether oxygens (including phenoxy) is 1. The van der Waals surface area contributed by atoms with Crippen molar-refractivity contribution < 1.29 is 14.2 Å². The van der Waals surface area contributed by atoms with E-state index >= 15 is 4.39 Å². The average molecular weight is 526 g/mol. The van der Waals surface area contributed by atoms with Gasteiger partial charge in [0.1, 0.15) is 22.8 Å². The molecule has 3 saturated heterocycles. The summed E-state index contributed by atoms with van der Waals surface area (Å²) in [6.45, 7) is 5.26. The number of anilines is 2. The van der Waals surface area contributed by atoms with E-state index in [0.717, 1.165) is 68.8 Å². The zero-order valence-electron chi connectivity index (χ0n) is 21.9. The van der Waals surface area contributed by atoms with Gasteiger partial charge in [0.05, 0.1) is 5.39 Å². The van der Waals surface area contributed by atoms with Gasteiger partial charge in [0.15, 0.2) is 5.82 Å². The van der Waals surface area contributed by atoms with Crippen LogP contribution in [0.5, 0.6) is 5.75 Å². The SMILES string of the molecule is Oc1cc(-c2ncc3c(N4CC5CCC(C5)C4)nc(N4CC5(CCOCC5)C4)nc3c2F)c2ccccc2c1. The second kappa shape index (κ2) is 8.74. The van der Waals surface area contributed by atoms with Gasteiger partial charge in [-0.3, -0.25) is 4.98 Å². The highest BCUT2D eigenvalue weighted by Crippen LogP contribution is 2.44. The largest absolute Gasteiger partial charge is 0.508 e. The van der Waals surface area contributed by atoms with Crippen LogP contribution >= 0.6 is 0 Å². The lowest BCUT2D eigenvalue weighted by atomic mass is 9.73. The summed E-state index contributed by atoms with van der Waals surface area (Å²) in [6.07, 6.45) is 7.63. The van der Waals surface area contributed by atoms with Crippen LogP contribution in [0.3, 0.4) is 0 Å². The van der Waals surface area contributed by atoms with E-state index in [2.05, 4.69) is 14.8 Å². The third-order valence-corrected chi connectivity index (χ3v) is 9.55. The number of rotatable bonds is 3. The van der Waals surface area contributed by atoms with E-state index in [-0.39, 0.29) is 16.9 Å². The third kappa shape index (κ3) is 3.83. The Kier molecular flexibility index (Phi) is 5.24. The fraction of sp³-hybridized carbons (Fsp3) is 0.452. The fourth-order valence-electron chi connectivity index (χ4n) is 7.50. The number of phenolic OH excluding ortho intramolecular Hbond substituents is 1. The van der Waals surface area contributed by atoms with E-state index in [4.69, 9.17) is 14.7 Å². The molecule has 2 aromatic heterocycles. The van der Waals surface area contributed by atoms with Crippen molar-refractivity contribution in [3.05, 3.63) is 48.4 Å². The van der Waals surface area contributed by atoms with Crippen molar-refractivity contribution in [2.75, 3.05) is 49.2 Å². The van der Waals surface area contributed by atoms with Crippen LogP contribution in [0.4, 0.5) is 16.2 Å². The molecule has 0 radical (unpaired) electrons. The molecule has 200 valence electrons. The van der Waals surface area contributed by atoms with Gasteiger partial charge in [-0.1, -0.05) is 24.3 Å². The summed E-state index contributed by atoms with van der Waals surface area (Å²) in [4.78, 5) is 19.1. The van der Waals surface area contributed by atoms with Crippen LogP contribution in [-0.4, -0.2) is 59.5 Å². The number of halogens is 1. The summed E-state index contributed by atoms with van der Waals surface area (Å²) in [5.74, 6) is 2.36. The molecule has 4 aromatic rings. The topological polar surface area (TPSA) is 74.6 Å². The van der Waals surface area contributed by atoms with E-state index in [1.807, 2.05) is 24.3 Å². The Morgan fingerprint density at radius 3 is 2.51 bits per heavy atom. The summed E-state index contributed by atoms with van der Waals surface area (Å²) in [5.41, 5.74) is 1.32. The molecule has 1 aliphatic carbocycles. The van der Waals surface area contributed by atoms with E-state index in [0.29, 0.717) is 34.3 Å². The molecule has 7 nitrogen and oxygen atoms in total. The van der Waals surface area contributed by atoms with Gasteiger partial charge in [0, 0.05) is 56.6 Å². The summed E-state index contributed by atoms with van der Waals surface area (Å²) in [5, 5.41) is 12.8. The van der Waals surface area contributed by atoms with Gasteiger partial charge in [-0.25, -0.2) is 9.37 Å². The monoisotopic (exact) mass is 525 g/mol. The second-order valence-electron chi connectivity index (χ2n) is 12.2. The number of aromatic hydroxyl groups is 1. The fourth-order valence-corrected chi connectivity index (χ4v) is 7.50. The summed E-state index contributed by atoms with van der Waals surface area (Å²) in [7, 11) is 0. The van der Waals surface area contributed by atoms with Crippen LogP contribution in [0.1, 0.15) is 32.1 Å². The van der Waals surface area contributed by atoms with Gasteiger partial charge in [-0.15, -0.1) is 0 Å². The van der Waals surface area contributed by atoms with Crippen LogP contribution < -0.4 is 9.80 Å². The molecular formula is C31H32FN5O2. The first kappa shape index (κ1) is 23.4. The Balaban J connectivity index is 1.27. The molecule has 2 atom stereocenters. The zero-order chi connectivity index (χ0) is 26.1. The maximum Gasteiger partial charge on any atom is 0.228 e. The molecule has 4 fully saturated rings. The van der Waals surface area contributed by atoms with Gasteiger partial charge in [-0.05, 0) is 66.8 Å². The van der Waals surface area contributed by atoms with Crippen molar-refractivity contribution in [3.63, 3.8) is 0 Å². The number of hydrogen-bond acceptors (Lipinski definition) is 7. The zero-order valence-corrected chi connectivity index (χ0v) is 21.9. The molecule has 8 heteroatoms. The van der Waals surface area contributed by atoms with Gasteiger partial charge < -0.3 is 19.6 Å². The van der Waals surface area contributed by atoms with Gasteiger partial charge in [0.25, 0.3) is 0 Å². The molecule has 1 N–H and O–H groups in total. The predicted molar refractivity (Wildman–Crippen MR) is 150 cm³/mol. The summed E-state index contributed by atoms with van der Waals surface area (Å²) >= 11 is 0. The molecule has 4 aliphatic rings. The Hall–Kier alpha value is -3.52. The molecule has 1 spiro atoms. The molecule has 2 bridgehead atoms. The molecule has 0 amide bonds. The maximum absolute atomic E-state index is 16.6. The number of piperidine rings is 1. The lowest BCUT2D eigenvalue weighted by molar-refractivity contribution is -0.000714. The van der Waals surface area contributed by atoms with Crippen LogP contribution in [-0.2, 0) is 4.74 Å². The lowest BCUT2D eigenvalue weighted by Crippen LogP contribution is -2.59. The Labute approximate surface area is 226 Å². The van der Waals surface area contributed by atoms with Gasteiger partial charge in [0.2, 0.25) is 5.95 Å². The molecule has 1 saturated carbocycles. The highest BCUT2D eigenvalue weighted by Gasteiger charge is 2.45. The molecule has 8 rings (SSSR count). The second-order valence-corrected chi connectivity index (χ2v) is 12.2. The smallest absolute Gasteiger partial charge is 0.228 e. The predicted octanol–water partition coefficient (Wildman–Crippen LogP) is 5.54. The maximum atomic E-state index is 16.6. The number of benzene rings is 2. The number of hydrogen-bond donors (Lipinski definition) is 1. The number of pyridine rings is 1. The average Bonchev–Trinajstić information content (AvgIpc) is 3.28. The van der Waals surface area contributed by atoms with E-state index in [1.54, 1.807) is 18.3 Å². The Bertz CT molecular complexity index is 1580. The molecule has 2 unspecified atom stereocenters. The highest BCUT2D eigenvalue weighted by atomic mass is 19.1. The Morgan fingerprint density at radius 1 is 0.949 bits per heavy atom. The van der Waals surface area contributed by atoms with Gasteiger partial charge in [-0.2, -0.15) is 4.98 Å². The number of fused-ring (bicyclic) bond motifs is 4. The van der Waals surface area contributed by atoms with Crippen molar-refractivity contribution in [3.8, 4) is 17.0 Å². The Morgan fingerprint density at radius 2 is 1.72 bits per heavy atom. The quantitative estimate of drug-likeness (QED) is 0.376. The van der Waals surface area contributed by atoms with Crippen LogP contribution in [0.2, 0.25) is 0 Å². The molecule has 5 heterocycles. The van der Waals surface area contributed by atoms with Crippen molar-refractivity contribution in [1.82, 2.24) is 15.0 Å². The minimum absolute atomic E-state index is 0.0835. The standard InChI is InChI=1S/C31H32FN5O2/c32-26-27(24-13-22(38)12-21-3-1-2-4-23(21)24)33-14-25-28(26)34-30(37-17-31(18-37)7-9-39-10-8-31)35-29(25)36-15-19-5-6-20(11-19)16-36/h1-4,12-14,19-20,38H,5-11,15-18H2. The highest BCUT2D eigenvalue weighted by molar-refractivity contribution is 6.00. The minimum Gasteiger partial charge on any atom is -0.508 e. The van der Waals surface area contributed by atoms with Crippen molar-refractivity contribution in [2.45, 2.75) is 32.1 Å². The van der Waals surface area contributed by atoms with Crippen molar-refractivity contribution >= 4 is 33.4 Å². The van der Waals surface area contributed by atoms with Crippen LogP contribution in [0, 0.1) is 23.1 Å².